The van der Waals surface area contributed by atoms with Crippen LogP contribution in [0, 0.1) is 6.92 Å². The number of piperidine rings is 1. The van der Waals surface area contributed by atoms with Gasteiger partial charge in [-0.2, -0.15) is 0 Å². The standard InChI is InChI=1S/C24H28N4O2S/c1-17-13-18(6-10-26-17)20-14-19-5-9-25-16-23(19)24(15-20)27-21-7-11-28(12-8-21)31(29,30)22-3-2-4-22/h5-6,9-10,13-16,21-22,27H,2-4,7-8,11-12H2,1H3. The number of hydrogen-bond donors (Lipinski definition) is 1. The quantitative estimate of drug-likeness (QED) is 0.643. The fourth-order valence-corrected chi connectivity index (χ4v) is 6.63. The van der Waals surface area contributed by atoms with Crippen molar-refractivity contribution in [1.82, 2.24) is 14.3 Å². The molecule has 0 radical (unpaired) electrons. The number of aryl methyl sites for hydroxylation is 1. The Bertz CT molecular complexity index is 1200. The molecule has 1 aliphatic heterocycles. The lowest BCUT2D eigenvalue weighted by atomic mass is 9.99. The van der Waals surface area contributed by atoms with Crippen LogP contribution < -0.4 is 5.32 Å². The lowest BCUT2D eigenvalue weighted by Crippen LogP contribution is -2.47. The third kappa shape index (κ3) is 4.04. The van der Waals surface area contributed by atoms with E-state index in [1.54, 1.807) is 4.31 Å². The van der Waals surface area contributed by atoms with E-state index >= 15 is 0 Å². The molecule has 162 valence electrons. The second kappa shape index (κ2) is 8.20. The molecule has 0 spiro atoms. The molecule has 1 aliphatic carbocycles. The summed E-state index contributed by atoms with van der Waals surface area (Å²) in [5, 5.41) is 5.77. The molecule has 5 rings (SSSR count). The minimum absolute atomic E-state index is 0.146. The number of nitrogens with zero attached hydrogens (tertiary/aromatic N) is 3. The monoisotopic (exact) mass is 436 g/mol. The molecular formula is C24H28N4O2S. The Kier molecular flexibility index (Phi) is 5.40. The molecule has 3 heterocycles. The molecule has 2 fully saturated rings. The average Bonchev–Trinajstić information content (AvgIpc) is 2.72. The van der Waals surface area contributed by atoms with Gasteiger partial charge in [-0.05, 0) is 79.5 Å². The van der Waals surface area contributed by atoms with Crippen LogP contribution in [0.25, 0.3) is 21.9 Å². The summed E-state index contributed by atoms with van der Waals surface area (Å²) in [5.74, 6) is 0. The Morgan fingerprint density at radius 1 is 1.00 bits per heavy atom. The fourth-order valence-electron chi connectivity index (χ4n) is 4.56. The van der Waals surface area contributed by atoms with E-state index in [9.17, 15) is 8.42 Å². The lowest BCUT2D eigenvalue weighted by Gasteiger charge is -2.37. The minimum Gasteiger partial charge on any atom is -0.382 e. The van der Waals surface area contributed by atoms with E-state index in [1.165, 1.54) is 0 Å². The molecule has 31 heavy (non-hydrogen) atoms. The summed E-state index contributed by atoms with van der Waals surface area (Å²) < 4.78 is 27.2. The molecular weight excluding hydrogens is 408 g/mol. The minimum atomic E-state index is -3.11. The Morgan fingerprint density at radius 3 is 2.52 bits per heavy atom. The first kappa shape index (κ1) is 20.4. The zero-order valence-electron chi connectivity index (χ0n) is 17.8. The van der Waals surface area contributed by atoms with E-state index in [4.69, 9.17) is 0 Å². The predicted molar refractivity (Wildman–Crippen MR) is 124 cm³/mol. The van der Waals surface area contributed by atoms with Gasteiger partial charge in [-0.25, -0.2) is 12.7 Å². The van der Waals surface area contributed by atoms with Crippen LogP contribution in [-0.4, -0.2) is 47.1 Å². The summed E-state index contributed by atoms with van der Waals surface area (Å²) in [6.45, 7) is 3.19. The second-order valence-corrected chi connectivity index (χ2v) is 10.9. The maximum atomic E-state index is 12.7. The molecule has 1 N–H and O–H groups in total. The first-order valence-corrected chi connectivity index (χ1v) is 12.6. The second-order valence-electron chi connectivity index (χ2n) is 8.72. The van der Waals surface area contributed by atoms with Crippen LogP contribution in [0.1, 0.15) is 37.8 Å². The third-order valence-electron chi connectivity index (χ3n) is 6.63. The van der Waals surface area contributed by atoms with Crippen molar-refractivity contribution >= 4 is 26.5 Å². The summed E-state index contributed by atoms with van der Waals surface area (Å²) in [4.78, 5) is 8.64. The number of sulfonamides is 1. The molecule has 0 unspecified atom stereocenters. The van der Waals surface area contributed by atoms with Gasteiger partial charge in [0.25, 0.3) is 0 Å². The topological polar surface area (TPSA) is 75.2 Å². The van der Waals surface area contributed by atoms with Gasteiger partial charge in [0.05, 0.1) is 5.25 Å². The molecule has 0 amide bonds. The van der Waals surface area contributed by atoms with E-state index in [0.717, 1.165) is 65.4 Å². The molecule has 1 saturated carbocycles. The predicted octanol–water partition coefficient (Wildman–Crippen LogP) is 4.36. The van der Waals surface area contributed by atoms with Gasteiger partial charge < -0.3 is 5.32 Å². The number of fused-ring (bicyclic) bond motifs is 1. The van der Waals surface area contributed by atoms with Gasteiger partial charge in [-0.3, -0.25) is 9.97 Å². The van der Waals surface area contributed by atoms with E-state index in [1.807, 2.05) is 37.6 Å². The molecule has 0 bridgehead atoms. The highest BCUT2D eigenvalue weighted by molar-refractivity contribution is 7.89. The van der Waals surface area contributed by atoms with Gasteiger partial charge in [-0.15, -0.1) is 0 Å². The van der Waals surface area contributed by atoms with Crippen molar-refractivity contribution in [2.24, 2.45) is 0 Å². The lowest BCUT2D eigenvalue weighted by molar-refractivity contribution is 0.316. The summed E-state index contributed by atoms with van der Waals surface area (Å²) in [6.07, 6.45) is 9.86. The van der Waals surface area contributed by atoms with Gasteiger partial charge in [0.1, 0.15) is 0 Å². The number of pyridine rings is 2. The van der Waals surface area contributed by atoms with Gasteiger partial charge in [0.15, 0.2) is 0 Å². The van der Waals surface area contributed by atoms with Crippen LogP contribution in [0.15, 0.2) is 48.9 Å². The zero-order chi connectivity index (χ0) is 21.4. The fraction of sp³-hybridized carbons (Fsp3) is 0.417. The Morgan fingerprint density at radius 2 is 1.81 bits per heavy atom. The van der Waals surface area contributed by atoms with Crippen LogP contribution in [0.2, 0.25) is 0 Å². The smallest absolute Gasteiger partial charge is 0.216 e. The number of nitrogens with one attached hydrogen (secondary N) is 1. The van der Waals surface area contributed by atoms with Crippen molar-refractivity contribution in [1.29, 1.82) is 0 Å². The molecule has 3 aromatic rings. The molecule has 2 aromatic heterocycles. The van der Waals surface area contributed by atoms with Crippen molar-refractivity contribution < 1.29 is 8.42 Å². The Balaban J connectivity index is 1.38. The molecule has 1 aromatic carbocycles. The summed E-state index contributed by atoms with van der Waals surface area (Å²) in [7, 11) is -3.11. The van der Waals surface area contributed by atoms with Gasteiger partial charge in [-0.1, -0.05) is 6.42 Å². The number of aromatic nitrogens is 2. The number of hydrogen-bond acceptors (Lipinski definition) is 5. The average molecular weight is 437 g/mol. The van der Waals surface area contributed by atoms with Crippen LogP contribution in [0.5, 0.6) is 0 Å². The van der Waals surface area contributed by atoms with Gasteiger partial charge in [0, 0.05) is 54.5 Å². The van der Waals surface area contributed by atoms with Crippen molar-refractivity contribution in [3.8, 4) is 11.1 Å². The van der Waals surface area contributed by atoms with E-state index in [0.29, 0.717) is 13.1 Å². The van der Waals surface area contributed by atoms with Crippen LogP contribution >= 0.6 is 0 Å². The van der Waals surface area contributed by atoms with E-state index in [2.05, 4.69) is 33.5 Å². The highest BCUT2D eigenvalue weighted by Gasteiger charge is 2.37. The molecule has 7 heteroatoms. The van der Waals surface area contributed by atoms with E-state index in [-0.39, 0.29) is 11.3 Å². The number of anilines is 1. The Hall–Kier alpha value is -2.51. The van der Waals surface area contributed by atoms with Gasteiger partial charge >= 0.3 is 0 Å². The molecule has 6 nitrogen and oxygen atoms in total. The van der Waals surface area contributed by atoms with Gasteiger partial charge in [0.2, 0.25) is 10.0 Å². The van der Waals surface area contributed by atoms with E-state index < -0.39 is 10.0 Å². The molecule has 2 aliphatic rings. The molecule has 0 atom stereocenters. The van der Waals surface area contributed by atoms with Crippen LogP contribution in [-0.2, 0) is 10.0 Å². The third-order valence-corrected chi connectivity index (χ3v) is 9.03. The molecule has 1 saturated heterocycles. The highest BCUT2D eigenvalue weighted by atomic mass is 32.2. The summed E-state index contributed by atoms with van der Waals surface area (Å²) in [6, 6.07) is 10.8. The van der Waals surface area contributed by atoms with Crippen molar-refractivity contribution in [2.45, 2.75) is 50.3 Å². The summed E-state index contributed by atoms with van der Waals surface area (Å²) >= 11 is 0. The number of rotatable bonds is 5. The van der Waals surface area contributed by atoms with Crippen molar-refractivity contribution in [2.75, 3.05) is 18.4 Å². The first-order valence-electron chi connectivity index (χ1n) is 11.1. The maximum Gasteiger partial charge on any atom is 0.216 e. The Labute approximate surface area is 183 Å². The summed E-state index contributed by atoms with van der Waals surface area (Å²) in [5.41, 5.74) is 4.31. The normalized spacial score (nSPS) is 18.7. The van der Waals surface area contributed by atoms with Crippen LogP contribution in [0.4, 0.5) is 5.69 Å². The van der Waals surface area contributed by atoms with Crippen molar-refractivity contribution in [3.63, 3.8) is 0 Å². The zero-order valence-corrected chi connectivity index (χ0v) is 18.6. The first-order chi connectivity index (χ1) is 15.0. The number of benzene rings is 1. The van der Waals surface area contributed by atoms with Crippen molar-refractivity contribution in [3.05, 3.63) is 54.6 Å². The van der Waals surface area contributed by atoms with Crippen LogP contribution in [0.3, 0.4) is 0 Å². The maximum absolute atomic E-state index is 12.7. The largest absolute Gasteiger partial charge is 0.382 e. The highest BCUT2D eigenvalue weighted by Crippen LogP contribution is 2.33. The SMILES string of the molecule is Cc1cc(-c2cc(NC3CCN(S(=O)(=O)C4CCC4)CC3)c3cnccc3c2)ccn1.